The number of ether oxygens (including phenoxy) is 2. The van der Waals surface area contributed by atoms with Crippen LogP contribution in [-0.4, -0.2) is 61.8 Å². The Morgan fingerprint density at radius 1 is 0.667 bits per heavy atom. The Kier molecular flexibility index (Phi) is 12.6. The third-order valence-electron chi connectivity index (χ3n) is 9.92. The topological polar surface area (TPSA) is 51.2 Å². The van der Waals surface area contributed by atoms with Gasteiger partial charge in [-0.3, -0.25) is 4.90 Å². The first kappa shape index (κ1) is 37.2. The van der Waals surface area contributed by atoms with Gasteiger partial charge < -0.3 is 19.0 Å². The van der Waals surface area contributed by atoms with E-state index in [1.807, 2.05) is 18.2 Å². The zero-order valence-corrected chi connectivity index (χ0v) is 32.0. The molecular weight excluding hydrogens is 667 g/mol. The van der Waals surface area contributed by atoms with Crippen molar-refractivity contribution in [1.82, 2.24) is 4.90 Å². The zero-order chi connectivity index (χ0) is 35.7. The lowest BCUT2D eigenvalue weighted by molar-refractivity contribution is -0.245. The molecule has 6 rings (SSSR count). The van der Waals surface area contributed by atoms with E-state index < -0.39 is 32.9 Å². The molecule has 0 spiro atoms. The van der Waals surface area contributed by atoms with Gasteiger partial charge >= 0.3 is 0 Å². The van der Waals surface area contributed by atoms with Crippen molar-refractivity contribution in [2.45, 2.75) is 74.4 Å². The van der Waals surface area contributed by atoms with Gasteiger partial charge in [0, 0.05) is 26.0 Å². The molecule has 0 aliphatic carbocycles. The summed E-state index contributed by atoms with van der Waals surface area (Å²) in [5, 5.41) is 14.6. The predicted octanol–water partition coefficient (Wildman–Crippen LogP) is 7.67. The average Bonchev–Trinajstić information content (AvgIpc) is 3.16. The van der Waals surface area contributed by atoms with Gasteiger partial charge in [0.25, 0.3) is 8.32 Å². The largest absolute Gasteiger partial charge is 0.405 e. The highest BCUT2D eigenvalue weighted by Crippen LogP contribution is 2.40. The Hall–Kier alpha value is -3.53. The molecule has 7 heteroatoms. The molecule has 1 aliphatic rings. The number of hydrogen-bond donors (Lipinski definition) is 1. The van der Waals surface area contributed by atoms with E-state index in [9.17, 15) is 5.11 Å². The third-order valence-corrected chi connectivity index (χ3v) is 16.4. The maximum absolute atomic E-state index is 12.7. The Balaban J connectivity index is 1.37. The minimum absolute atomic E-state index is 0.193. The summed E-state index contributed by atoms with van der Waals surface area (Å²) < 4.78 is 20.6. The molecule has 1 aliphatic heterocycles. The van der Waals surface area contributed by atoms with Crippen molar-refractivity contribution in [3.8, 4) is 0 Å². The predicted molar refractivity (Wildman–Crippen MR) is 213 cm³/mol. The summed E-state index contributed by atoms with van der Waals surface area (Å²) in [5.41, 5.74) is 3.54. The molecule has 5 aromatic carbocycles. The van der Waals surface area contributed by atoms with E-state index in [1.54, 1.807) is 18.9 Å². The number of aliphatic hydroxyl groups is 1. The normalized spacial score (nSPS) is 21.1. The van der Waals surface area contributed by atoms with Crippen LogP contribution in [0.1, 0.15) is 37.5 Å². The first-order chi connectivity index (χ1) is 24.8. The molecule has 0 aromatic heterocycles. The molecule has 0 radical (unpaired) electrons. The fourth-order valence-corrected chi connectivity index (χ4v) is 13.3. The van der Waals surface area contributed by atoms with Crippen LogP contribution in [0.5, 0.6) is 0 Å². The number of aliphatic hydroxyl groups excluding tert-OH is 1. The number of thioether (sulfide) groups is 1. The van der Waals surface area contributed by atoms with E-state index >= 15 is 0 Å². The van der Waals surface area contributed by atoms with Gasteiger partial charge in [-0.1, -0.05) is 172 Å². The van der Waals surface area contributed by atoms with Gasteiger partial charge in [-0.05, 0) is 32.1 Å². The number of benzene rings is 5. The summed E-state index contributed by atoms with van der Waals surface area (Å²) >= 11 is 1.74. The molecule has 1 heterocycles. The second kappa shape index (κ2) is 17.3. The van der Waals surface area contributed by atoms with Crippen molar-refractivity contribution in [3.63, 3.8) is 0 Å². The lowest BCUT2D eigenvalue weighted by Gasteiger charge is -2.49. The van der Waals surface area contributed by atoms with Crippen LogP contribution >= 0.6 is 11.8 Å². The van der Waals surface area contributed by atoms with Gasteiger partial charge in [0.1, 0.15) is 0 Å². The van der Waals surface area contributed by atoms with Gasteiger partial charge in [0.2, 0.25) is 0 Å². The van der Waals surface area contributed by atoms with Crippen LogP contribution in [0.15, 0.2) is 152 Å². The monoisotopic (exact) mass is 717 g/mol. The second-order valence-corrected chi connectivity index (χ2v) is 19.8. The number of methoxy groups -OCH3 is 1. The minimum atomic E-state index is -2.87. The minimum Gasteiger partial charge on any atom is -0.405 e. The van der Waals surface area contributed by atoms with E-state index in [1.165, 1.54) is 27.1 Å². The van der Waals surface area contributed by atoms with Gasteiger partial charge in [0.15, 0.2) is 6.29 Å². The first-order valence-corrected chi connectivity index (χ1v) is 20.8. The smallest absolute Gasteiger partial charge is 0.261 e. The maximum atomic E-state index is 12.7. The number of nitrogens with zero attached hydrogens (tertiary/aromatic N) is 1. The van der Waals surface area contributed by atoms with E-state index in [0.717, 1.165) is 5.75 Å². The van der Waals surface area contributed by atoms with E-state index in [0.29, 0.717) is 19.7 Å². The Labute approximate surface area is 309 Å². The standard InChI is InChI=1S/C44H51NO4SSi/c1-44(2,3)51(37-26-16-8-17-27-37,38-28-18-9-19-29-38)48-32-39-42(50-33-36-24-14-7-15-25-36)41(46)40(43(47-4)49-39)45(30-34-20-10-5-11-21-34)31-35-22-12-6-13-23-35/h5-29,39-43,46H,30-33H2,1-4H3/t39-,40-,41-,42-,43+/m1/s1. The Bertz CT molecular complexity index is 1660. The third kappa shape index (κ3) is 8.75. The number of hydrogen-bond acceptors (Lipinski definition) is 6. The van der Waals surface area contributed by atoms with Crippen molar-refractivity contribution >= 4 is 30.5 Å². The SMILES string of the molecule is CO[C@H]1O[C@H](CO[Si](c2ccccc2)(c2ccccc2)C(C)(C)C)[C@@H](SCc2ccccc2)[C@H](O)[C@H]1N(Cc1ccccc1)Cc1ccccc1. The Morgan fingerprint density at radius 2 is 1.10 bits per heavy atom. The van der Waals surface area contributed by atoms with Crippen LogP contribution in [0.3, 0.4) is 0 Å². The molecule has 1 N–H and O–H groups in total. The molecule has 1 fully saturated rings. The molecular formula is C44H51NO4SSi. The van der Waals surface area contributed by atoms with E-state index in [-0.39, 0.29) is 10.3 Å². The Morgan fingerprint density at radius 3 is 1.53 bits per heavy atom. The fourth-order valence-electron chi connectivity index (χ4n) is 7.47. The van der Waals surface area contributed by atoms with Crippen LogP contribution in [0, 0.1) is 0 Å². The van der Waals surface area contributed by atoms with Crippen LogP contribution in [0.2, 0.25) is 5.04 Å². The lowest BCUT2D eigenvalue weighted by atomic mass is 9.96. The lowest BCUT2D eigenvalue weighted by Crippen LogP contribution is -2.68. The fraction of sp³-hybridized carbons (Fsp3) is 0.318. The summed E-state index contributed by atoms with van der Waals surface area (Å²) in [6.07, 6.45) is -1.86. The molecule has 5 aromatic rings. The molecule has 5 atom stereocenters. The van der Waals surface area contributed by atoms with Gasteiger partial charge in [-0.15, -0.1) is 11.8 Å². The molecule has 5 nitrogen and oxygen atoms in total. The van der Waals surface area contributed by atoms with Crippen LogP contribution in [-0.2, 0) is 32.7 Å². The van der Waals surface area contributed by atoms with Crippen molar-refractivity contribution < 1.29 is 19.0 Å². The van der Waals surface area contributed by atoms with Crippen LogP contribution in [0.4, 0.5) is 0 Å². The van der Waals surface area contributed by atoms with E-state index in [2.05, 4.69) is 159 Å². The molecule has 0 saturated carbocycles. The maximum Gasteiger partial charge on any atom is 0.261 e. The number of rotatable bonds is 14. The summed E-state index contributed by atoms with van der Waals surface area (Å²) in [7, 11) is -1.18. The highest BCUT2D eigenvalue weighted by molar-refractivity contribution is 7.99. The molecule has 0 bridgehead atoms. The molecule has 51 heavy (non-hydrogen) atoms. The zero-order valence-electron chi connectivity index (χ0n) is 30.2. The first-order valence-electron chi connectivity index (χ1n) is 17.9. The average molecular weight is 718 g/mol. The summed E-state index contributed by atoms with van der Waals surface area (Å²) in [5.74, 6) is 0.739. The van der Waals surface area contributed by atoms with Gasteiger partial charge in [0.05, 0.1) is 30.1 Å². The molecule has 1 saturated heterocycles. The van der Waals surface area contributed by atoms with Gasteiger partial charge in [-0.2, -0.15) is 0 Å². The van der Waals surface area contributed by atoms with Crippen LogP contribution < -0.4 is 10.4 Å². The van der Waals surface area contributed by atoms with Crippen molar-refractivity contribution in [3.05, 3.63) is 168 Å². The van der Waals surface area contributed by atoms with Crippen molar-refractivity contribution in [2.24, 2.45) is 0 Å². The second-order valence-electron chi connectivity index (χ2n) is 14.4. The quantitative estimate of drug-likeness (QED) is 0.119. The van der Waals surface area contributed by atoms with Crippen molar-refractivity contribution in [1.29, 1.82) is 0 Å². The summed E-state index contributed by atoms with van der Waals surface area (Å²) in [4.78, 5) is 2.32. The summed E-state index contributed by atoms with van der Waals surface area (Å²) in [6.45, 7) is 8.46. The molecule has 0 amide bonds. The van der Waals surface area contributed by atoms with Crippen LogP contribution in [0.25, 0.3) is 0 Å². The highest BCUT2D eigenvalue weighted by atomic mass is 32.2. The molecule has 266 valence electrons. The van der Waals surface area contributed by atoms with Gasteiger partial charge in [-0.25, -0.2) is 0 Å². The van der Waals surface area contributed by atoms with E-state index in [4.69, 9.17) is 13.9 Å². The highest BCUT2D eigenvalue weighted by Gasteiger charge is 2.53. The van der Waals surface area contributed by atoms with Crippen molar-refractivity contribution in [2.75, 3.05) is 13.7 Å². The molecule has 0 unspecified atom stereocenters. The summed E-state index contributed by atoms with van der Waals surface area (Å²) in [6, 6.07) is 52.3.